The number of carbonyl (C=O) groups is 1. The maximum absolute atomic E-state index is 12.2. The molecule has 1 saturated carbocycles. The van der Waals surface area contributed by atoms with Gasteiger partial charge < -0.3 is 29.4 Å². The molecule has 4 rings (SSSR count). The van der Waals surface area contributed by atoms with Crippen molar-refractivity contribution in [3.8, 4) is 22.6 Å². The van der Waals surface area contributed by atoms with Gasteiger partial charge in [-0.05, 0) is 67.6 Å². The van der Waals surface area contributed by atoms with Crippen molar-refractivity contribution in [3.05, 3.63) is 41.5 Å². The van der Waals surface area contributed by atoms with Gasteiger partial charge in [-0.1, -0.05) is 18.9 Å². The largest absolute Gasteiger partial charge is 0.496 e. The topological polar surface area (TPSA) is 86.3 Å². The van der Waals surface area contributed by atoms with Gasteiger partial charge in [0.05, 0.1) is 26.4 Å². The molecule has 1 saturated heterocycles. The first-order valence-electron chi connectivity index (χ1n) is 12.6. The summed E-state index contributed by atoms with van der Waals surface area (Å²) in [5.41, 5.74) is 3.70. The second kappa shape index (κ2) is 11.3. The monoisotopic (exact) mass is 483 g/mol. The minimum Gasteiger partial charge on any atom is -0.496 e. The zero-order valence-electron chi connectivity index (χ0n) is 21.0. The van der Waals surface area contributed by atoms with Crippen LogP contribution in [0.2, 0.25) is 0 Å². The Balaban J connectivity index is 1.71. The zero-order chi connectivity index (χ0) is 24.8. The van der Waals surface area contributed by atoms with Crippen LogP contribution in [0.15, 0.2) is 30.3 Å². The fourth-order valence-corrected chi connectivity index (χ4v) is 5.06. The molecule has 190 valence electrons. The third-order valence-corrected chi connectivity index (χ3v) is 7.16. The molecule has 0 bridgehead atoms. The summed E-state index contributed by atoms with van der Waals surface area (Å²) in [5.74, 6) is 0.708. The number of carboxylic acid groups (broad SMARTS) is 1. The highest BCUT2D eigenvalue weighted by Crippen LogP contribution is 2.38. The summed E-state index contributed by atoms with van der Waals surface area (Å²) in [4.78, 5) is 12.2. The van der Waals surface area contributed by atoms with E-state index in [1.807, 2.05) is 44.2 Å². The Morgan fingerprint density at radius 1 is 1.14 bits per heavy atom. The van der Waals surface area contributed by atoms with Gasteiger partial charge in [0.1, 0.15) is 17.0 Å². The van der Waals surface area contributed by atoms with Crippen molar-refractivity contribution in [1.82, 2.24) is 0 Å². The zero-order valence-corrected chi connectivity index (χ0v) is 21.0. The van der Waals surface area contributed by atoms with Crippen LogP contribution in [0, 0.1) is 6.92 Å². The van der Waals surface area contributed by atoms with Crippen molar-refractivity contribution < 1.29 is 28.8 Å². The highest BCUT2D eigenvalue weighted by Gasteiger charge is 2.40. The molecule has 1 heterocycles. The predicted octanol–water partition coefficient (Wildman–Crippen LogP) is 5.57. The highest BCUT2D eigenvalue weighted by atomic mass is 16.5. The number of anilines is 1. The van der Waals surface area contributed by atoms with Gasteiger partial charge in [-0.25, -0.2) is 4.79 Å². The van der Waals surface area contributed by atoms with Gasteiger partial charge in [0.2, 0.25) is 0 Å². The Labute approximate surface area is 207 Å². The van der Waals surface area contributed by atoms with Crippen LogP contribution in [0.25, 0.3) is 11.1 Å². The molecule has 35 heavy (non-hydrogen) atoms. The smallest absolute Gasteiger partial charge is 0.329 e. The molecule has 7 nitrogen and oxygen atoms in total. The van der Waals surface area contributed by atoms with E-state index in [4.69, 9.17) is 18.9 Å². The number of ether oxygens (including phenoxy) is 4. The van der Waals surface area contributed by atoms with Crippen molar-refractivity contribution >= 4 is 11.7 Å². The van der Waals surface area contributed by atoms with Gasteiger partial charge in [0.25, 0.3) is 0 Å². The molecular weight excluding hydrogens is 446 g/mol. The van der Waals surface area contributed by atoms with Crippen molar-refractivity contribution in [2.75, 3.05) is 32.2 Å². The molecule has 0 aromatic heterocycles. The molecule has 0 unspecified atom stereocenters. The average molecular weight is 484 g/mol. The van der Waals surface area contributed by atoms with Crippen molar-refractivity contribution in [2.45, 2.75) is 70.6 Å². The molecule has 0 amide bonds. The molecule has 0 atom stereocenters. The average Bonchev–Trinajstić information content (AvgIpc) is 3.38. The number of carboxylic acids is 1. The van der Waals surface area contributed by atoms with Gasteiger partial charge in [0, 0.05) is 37.3 Å². The van der Waals surface area contributed by atoms with Gasteiger partial charge >= 0.3 is 5.97 Å². The number of hydrogen-bond acceptors (Lipinski definition) is 6. The molecule has 2 aromatic carbocycles. The molecule has 0 spiro atoms. The number of methoxy groups -OCH3 is 1. The van der Waals surface area contributed by atoms with E-state index >= 15 is 0 Å². The first kappa shape index (κ1) is 25.3. The fourth-order valence-electron chi connectivity index (χ4n) is 5.06. The summed E-state index contributed by atoms with van der Waals surface area (Å²) >= 11 is 0. The lowest BCUT2D eigenvalue weighted by Gasteiger charge is -2.35. The Morgan fingerprint density at radius 3 is 2.51 bits per heavy atom. The lowest BCUT2D eigenvalue weighted by atomic mass is 9.89. The van der Waals surface area contributed by atoms with E-state index < -0.39 is 11.5 Å². The maximum atomic E-state index is 12.2. The van der Waals surface area contributed by atoms with Gasteiger partial charge in [0.15, 0.2) is 0 Å². The number of hydrogen-bond donors (Lipinski definition) is 2. The summed E-state index contributed by atoms with van der Waals surface area (Å²) in [5, 5.41) is 13.3. The minimum atomic E-state index is -1.03. The molecule has 2 aromatic rings. The van der Waals surface area contributed by atoms with E-state index in [2.05, 4.69) is 5.32 Å². The first-order chi connectivity index (χ1) is 17.0. The number of rotatable bonds is 10. The highest BCUT2D eigenvalue weighted by molar-refractivity contribution is 5.83. The molecule has 0 radical (unpaired) electrons. The van der Waals surface area contributed by atoms with Crippen LogP contribution in [0.1, 0.15) is 56.6 Å². The Morgan fingerprint density at radius 2 is 1.86 bits per heavy atom. The van der Waals surface area contributed by atoms with E-state index in [0.717, 1.165) is 52.3 Å². The summed E-state index contributed by atoms with van der Waals surface area (Å²) in [7, 11) is 1.66. The van der Waals surface area contributed by atoms with Gasteiger partial charge in [-0.15, -0.1) is 0 Å². The molecule has 2 aliphatic rings. The third-order valence-electron chi connectivity index (χ3n) is 7.16. The quantitative estimate of drug-likeness (QED) is 0.457. The SMILES string of the molecule is CCOc1cc(-c2ccc(NC3(C(=O)O)CCOCC3)cc2COC2CCCC2)cc(OC)c1C. The van der Waals surface area contributed by atoms with Gasteiger partial charge in [-0.2, -0.15) is 0 Å². The van der Waals surface area contributed by atoms with E-state index in [1.54, 1.807) is 7.11 Å². The maximum Gasteiger partial charge on any atom is 0.329 e. The van der Waals surface area contributed by atoms with Crippen LogP contribution in [0.4, 0.5) is 5.69 Å². The van der Waals surface area contributed by atoms with Crippen molar-refractivity contribution in [2.24, 2.45) is 0 Å². The predicted molar refractivity (Wildman–Crippen MR) is 135 cm³/mol. The lowest BCUT2D eigenvalue weighted by molar-refractivity contribution is -0.145. The van der Waals surface area contributed by atoms with Crippen LogP contribution in [0.5, 0.6) is 11.5 Å². The lowest BCUT2D eigenvalue weighted by Crippen LogP contribution is -2.50. The van der Waals surface area contributed by atoms with Crippen LogP contribution in [-0.2, 0) is 20.9 Å². The van der Waals surface area contributed by atoms with Crippen molar-refractivity contribution in [3.63, 3.8) is 0 Å². The number of benzene rings is 2. The molecule has 2 N–H and O–H groups in total. The molecular formula is C28H37NO6. The second-order valence-corrected chi connectivity index (χ2v) is 9.45. The normalized spacial score (nSPS) is 17.8. The van der Waals surface area contributed by atoms with Gasteiger partial charge in [-0.3, -0.25) is 0 Å². The summed E-state index contributed by atoms with van der Waals surface area (Å²) in [6, 6.07) is 10.1. The number of nitrogens with one attached hydrogen (secondary N) is 1. The Bertz CT molecular complexity index is 1020. The van der Waals surface area contributed by atoms with E-state index in [-0.39, 0.29) is 6.10 Å². The summed E-state index contributed by atoms with van der Waals surface area (Å²) in [6.07, 6.45) is 5.69. The third kappa shape index (κ3) is 5.73. The van der Waals surface area contributed by atoms with E-state index in [9.17, 15) is 9.90 Å². The number of aliphatic carboxylic acids is 1. The van der Waals surface area contributed by atoms with Crippen LogP contribution >= 0.6 is 0 Å². The van der Waals surface area contributed by atoms with E-state index in [1.165, 1.54) is 12.8 Å². The molecule has 7 heteroatoms. The fraction of sp³-hybridized carbons (Fsp3) is 0.536. The first-order valence-corrected chi connectivity index (χ1v) is 12.6. The van der Waals surface area contributed by atoms with E-state index in [0.29, 0.717) is 39.3 Å². The molecule has 1 aliphatic carbocycles. The summed E-state index contributed by atoms with van der Waals surface area (Å²) in [6.45, 7) is 5.84. The Hall–Kier alpha value is -2.77. The second-order valence-electron chi connectivity index (χ2n) is 9.45. The Kier molecular flexibility index (Phi) is 8.19. The van der Waals surface area contributed by atoms with Crippen LogP contribution in [0.3, 0.4) is 0 Å². The molecule has 1 aliphatic heterocycles. The van der Waals surface area contributed by atoms with Crippen LogP contribution < -0.4 is 14.8 Å². The summed E-state index contributed by atoms with van der Waals surface area (Å²) < 4.78 is 23.2. The minimum absolute atomic E-state index is 0.270. The molecule has 2 fully saturated rings. The van der Waals surface area contributed by atoms with Crippen LogP contribution in [-0.4, -0.2) is 49.6 Å². The standard InChI is InChI=1S/C28H37NO6/c1-4-34-26-17-20(16-25(32-3)19(26)2)24-10-9-22(15-21(24)18-35-23-7-5-6-8-23)29-28(27(30)31)11-13-33-14-12-28/h9-10,15-17,23,29H,4-8,11-14,18H2,1-3H3,(H,30,31). The van der Waals surface area contributed by atoms with Crippen molar-refractivity contribution in [1.29, 1.82) is 0 Å².